The van der Waals surface area contributed by atoms with Crippen LogP contribution in [0.1, 0.15) is 45.7 Å². The molecule has 0 aromatic heterocycles. The van der Waals surface area contributed by atoms with Crippen molar-refractivity contribution in [1.29, 1.82) is 5.26 Å². The Morgan fingerprint density at radius 2 is 2.09 bits per heavy atom. The minimum Gasteiger partial charge on any atom is -0.356 e. The van der Waals surface area contributed by atoms with Gasteiger partial charge in [0.05, 0.1) is 18.2 Å². The van der Waals surface area contributed by atoms with E-state index in [0.717, 1.165) is 19.0 Å². The lowest BCUT2D eigenvalue weighted by Crippen LogP contribution is -2.72. The number of nitrogens with zero attached hydrogens (tertiary/aromatic N) is 3. The molecule has 1 N–H and O–H groups in total. The van der Waals surface area contributed by atoms with Crippen LogP contribution in [0.5, 0.6) is 0 Å². The number of benzene rings is 1. The van der Waals surface area contributed by atoms with Crippen LogP contribution in [0.4, 0.5) is 4.39 Å². The number of rotatable bonds is 3. The monoisotopic (exact) mass is 316 g/mol. The van der Waals surface area contributed by atoms with Crippen LogP contribution in [0.25, 0.3) is 0 Å². The van der Waals surface area contributed by atoms with E-state index in [9.17, 15) is 4.39 Å². The van der Waals surface area contributed by atoms with Gasteiger partial charge in [0.2, 0.25) is 0 Å². The first-order chi connectivity index (χ1) is 10.7. The highest BCUT2D eigenvalue weighted by atomic mass is 19.1. The van der Waals surface area contributed by atoms with Crippen molar-refractivity contribution in [2.24, 2.45) is 10.4 Å². The molecule has 0 radical (unpaired) electrons. The first-order valence-electron chi connectivity index (χ1n) is 7.97. The first-order valence-corrected chi connectivity index (χ1v) is 7.97. The summed E-state index contributed by atoms with van der Waals surface area (Å²) in [5, 5.41) is 12.2. The third kappa shape index (κ3) is 3.17. The van der Waals surface area contributed by atoms with E-state index in [-0.39, 0.29) is 23.3 Å². The zero-order chi connectivity index (χ0) is 17.3. The minimum atomic E-state index is -0.327. The Hall–Kier alpha value is -2.09. The predicted octanol–water partition coefficient (Wildman–Crippen LogP) is 3.28. The van der Waals surface area contributed by atoms with E-state index in [0.29, 0.717) is 11.1 Å². The predicted molar refractivity (Wildman–Crippen MR) is 90.5 cm³/mol. The molecule has 1 aliphatic rings. The van der Waals surface area contributed by atoms with Gasteiger partial charge in [0.1, 0.15) is 5.82 Å². The van der Waals surface area contributed by atoms with Crippen molar-refractivity contribution >= 4 is 5.96 Å². The maximum Gasteiger partial charge on any atom is 0.194 e. The molecular formula is C18H25FN4. The van der Waals surface area contributed by atoms with Gasteiger partial charge >= 0.3 is 0 Å². The third-order valence-electron chi connectivity index (χ3n) is 5.05. The van der Waals surface area contributed by atoms with E-state index >= 15 is 0 Å². The van der Waals surface area contributed by atoms with Crippen LogP contribution >= 0.6 is 0 Å². The molecule has 1 aromatic carbocycles. The molecule has 23 heavy (non-hydrogen) atoms. The largest absolute Gasteiger partial charge is 0.356 e. The Kier molecular flexibility index (Phi) is 4.65. The number of guanidine groups is 1. The van der Waals surface area contributed by atoms with Crippen LogP contribution in [-0.2, 0) is 6.54 Å². The molecule has 0 spiro atoms. The zero-order valence-corrected chi connectivity index (χ0v) is 14.6. The average Bonchev–Trinajstić information content (AvgIpc) is 2.50. The lowest BCUT2D eigenvalue weighted by Gasteiger charge is -2.62. The van der Waals surface area contributed by atoms with Gasteiger partial charge in [-0.05, 0) is 39.0 Å². The van der Waals surface area contributed by atoms with Gasteiger partial charge in [0, 0.05) is 29.6 Å². The molecule has 0 atom stereocenters. The molecule has 1 fully saturated rings. The van der Waals surface area contributed by atoms with Gasteiger partial charge in [0.15, 0.2) is 5.96 Å². The van der Waals surface area contributed by atoms with Crippen LogP contribution in [0.2, 0.25) is 0 Å². The van der Waals surface area contributed by atoms with Crippen molar-refractivity contribution in [2.45, 2.75) is 46.7 Å². The standard InChI is InChI=1S/C18H25FN4/c1-6-21-16(23-12-17(2,3)18(23,4)5)22-11-14-9-13(10-20)7-8-15(14)19/h7-9H,6,11-12H2,1-5H3,(H,21,22). The Morgan fingerprint density at radius 3 is 2.61 bits per heavy atom. The molecule has 4 nitrogen and oxygen atoms in total. The molecule has 0 amide bonds. The molecule has 5 heteroatoms. The average molecular weight is 316 g/mol. The van der Waals surface area contributed by atoms with Crippen molar-refractivity contribution < 1.29 is 4.39 Å². The Balaban J connectivity index is 2.23. The summed E-state index contributed by atoms with van der Waals surface area (Å²) in [5.41, 5.74) is 1.08. The van der Waals surface area contributed by atoms with Gasteiger partial charge in [-0.25, -0.2) is 9.38 Å². The summed E-state index contributed by atoms with van der Waals surface area (Å²) in [5.74, 6) is 0.463. The molecule has 124 valence electrons. The fraction of sp³-hybridized carbons (Fsp3) is 0.556. The molecule has 2 rings (SSSR count). The Bertz CT molecular complexity index is 655. The summed E-state index contributed by atoms with van der Waals surface area (Å²) in [6.45, 7) is 12.8. The van der Waals surface area contributed by atoms with Gasteiger partial charge < -0.3 is 10.2 Å². The van der Waals surface area contributed by atoms with Crippen molar-refractivity contribution in [2.75, 3.05) is 13.1 Å². The smallest absolute Gasteiger partial charge is 0.194 e. The summed E-state index contributed by atoms with van der Waals surface area (Å²) < 4.78 is 13.9. The van der Waals surface area contributed by atoms with Crippen molar-refractivity contribution in [1.82, 2.24) is 10.2 Å². The molecule has 1 aromatic rings. The highest BCUT2D eigenvalue weighted by molar-refractivity contribution is 5.82. The summed E-state index contributed by atoms with van der Waals surface area (Å²) in [6, 6.07) is 6.41. The molecule has 0 bridgehead atoms. The summed E-state index contributed by atoms with van der Waals surface area (Å²) in [4.78, 5) is 6.81. The van der Waals surface area contributed by atoms with E-state index in [1.807, 2.05) is 13.0 Å². The maximum absolute atomic E-state index is 13.9. The second-order valence-electron chi connectivity index (χ2n) is 7.12. The topological polar surface area (TPSA) is 51.4 Å². The van der Waals surface area contributed by atoms with Gasteiger partial charge in [-0.15, -0.1) is 0 Å². The number of hydrogen-bond donors (Lipinski definition) is 1. The van der Waals surface area contributed by atoms with Crippen molar-refractivity contribution in [3.63, 3.8) is 0 Å². The van der Waals surface area contributed by atoms with Crippen LogP contribution in [0.3, 0.4) is 0 Å². The third-order valence-corrected chi connectivity index (χ3v) is 5.05. The van der Waals surface area contributed by atoms with Crippen LogP contribution in [0.15, 0.2) is 23.2 Å². The highest BCUT2D eigenvalue weighted by Gasteiger charge is 2.53. The fourth-order valence-electron chi connectivity index (χ4n) is 2.72. The maximum atomic E-state index is 13.9. The lowest BCUT2D eigenvalue weighted by molar-refractivity contribution is -0.0667. The second kappa shape index (κ2) is 6.19. The van der Waals surface area contributed by atoms with Gasteiger partial charge in [-0.2, -0.15) is 5.26 Å². The Morgan fingerprint density at radius 1 is 1.39 bits per heavy atom. The molecule has 1 saturated heterocycles. The molecule has 0 unspecified atom stereocenters. The SMILES string of the molecule is CCNC(=NCc1cc(C#N)ccc1F)N1CC(C)(C)C1(C)C. The minimum absolute atomic E-state index is 0.0128. The van der Waals surface area contributed by atoms with E-state index in [1.165, 1.54) is 12.1 Å². The number of halogens is 1. The molecule has 1 heterocycles. The number of nitriles is 1. The molecular weight excluding hydrogens is 291 g/mol. The molecule has 1 aliphatic heterocycles. The highest BCUT2D eigenvalue weighted by Crippen LogP contribution is 2.46. The normalized spacial score (nSPS) is 19.0. The fourth-order valence-corrected chi connectivity index (χ4v) is 2.72. The molecule has 0 aliphatic carbocycles. The lowest BCUT2D eigenvalue weighted by atomic mass is 9.65. The number of aliphatic imine (C=N–C) groups is 1. The van der Waals surface area contributed by atoms with Crippen molar-refractivity contribution in [3.8, 4) is 6.07 Å². The number of hydrogen-bond acceptors (Lipinski definition) is 2. The van der Waals surface area contributed by atoms with Gasteiger partial charge in [-0.3, -0.25) is 0 Å². The Labute approximate surface area is 138 Å². The van der Waals surface area contributed by atoms with E-state index in [1.54, 1.807) is 6.07 Å². The number of likely N-dealkylation sites (tertiary alicyclic amines) is 1. The van der Waals surface area contributed by atoms with E-state index < -0.39 is 0 Å². The second-order valence-corrected chi connectivity index (χ2v) is 7.12. The summed E-state index contributed by atoms with van der Waals surface area (Å²) >= 11 is 0. The van der Waals surface area contributed by atoms with E-state index in [2.05, 4.69) is 42.9 Å². The van der Waals surface area contributed by atoms with Gasteiger partial charge in [0.25, 0.3) is 0 Å². The van der Waals surface area contributed by atoms with E-state index in [4.69, 9.17) is 5.26 Å². The summed E-state index contributed by atoms with van der Waals surface area (Å²) in [6.07, 6.45) is 0. The van der Waals surface area contributed by atoms with Crippen LogP contribution in [-0.4, -0.2) is 29.5 Å². The van der Waals surface area contributed by atoms with Crippen LogP contribution in [0, 0.1) is 22.6 Å². The number of nitrogens with one attached hydrogen (secondary N) is 1. The van der Waals surface area contributed by atoms with Gasteiger partial charge in [-0.1, -0.05) is 13.8 Å². The summed E-state index contributed by atoms with van der Waals surface area (Å²) in [7, 11) is 0. The van der Waals surface area contributed by atoms with Crippen LogP contribution < -0.4 is 5.32 Å². The quantitative estimate of drug-likeness (QED) is 0.688. The first kappa shape index (κ1) is 17.3. The zero-order valence-electron chi connectivity index (χ0n) is 14.6. The molecule has 0 saturated carbocycles. The van der Waals surface area contributed by atoms with Crippen molar-refractivity contribution in [3.05, 3.63) is 35.1 Å².